The molecule has 4 heteroatoms. The van der Waals surface area contributed by atoms with E-state index in [1.165, 1.54) is 17.4 Å². The van der Waals surface area contributed by atoms with Gasteiger partial charge >= 0.3 is 0 Å². The van der Waals surface area contributed by atoms with Crippen LogP contribution in [0.5, 0.6) is 5.75 Å². The van der Waals surface area contributed by atoms with Crippen molar-refractivity contribution in [2.45, 2.75) is 6.61 Å². The molecule has 1 heterocycles. The van der Waals surface area contributed by atoms with Crippen LogP contribution < -0.4 is 4.74 Å². The largest absolute Gasteiger partial charge is 0.488 e. The molecule has 0 radical (unpaired) electrons. The molecule has 0 unspecified atom stereocenters. The second kappa shape index (κ2) is 5.19. The SMILES string of the molecule is Fc1cccc2sc(COc3cccc(Cl)c3)cc12. The minimum absolute atomic E-state index is 0.192. The van der Waals surface area contributed by atoms with E-state index in [-0.39, 0.29) is 5.82 Å². The van der Waals surface area contributed by atoms with Crippen LogP contribution in [0.4, 0.5) is 4.39 Å². The number of fused-ring (bicyclic) bond motifs is 1. The average Bonchev–Trinajstić information content (AvgIpc) is 2.81. The van der Waals surface area contributed by atoms with E-state index in [4.69, 9.17) is 16.3 Å². The van der Waals surface area contributed by atoms with E-state index >= 15 is 0 Å². The molecule has 3 aromatic rings. The third-order valence-electron chi connectivity index (χ3n) is 2.74. The summed E-state index contributed by atoms with van der Waals surface area (Å²) in [6.07, 6.45) is 0. The van der Waals surface area contributed by atoms with E-state index in [9.17, 15) is 4.39 Å². The first-order valence-electron chi connectivity index (χ1n) is 5.78. The van der Waals surface area contributed by atoms with Crippen molar-refractivity contribution < 1.29 is 9.13 Å². The fourth-order valence-corrected chi connectivity index (χ4v) is 3.03. The van der Waals surface area contributed by atoms with Gasteiger partial charge in [0.25, 0.3) is 0 Å². The number of halogens is 2. The molecule has 3 rings (SSSR count). The summed E-state index contributed by atoms with van der Waals surface area (Å²) in [7, 11) is 0. The van der Waals surface area contributed by atoms with E-state index in [1.54, 1.807) is 18.2 Å². The molecule has 0 aliphatic rings. The van der Waals surface area contributed by atoms with Crippen LogP contribution >= 0.6 is 22.9 Å². The molecule has 0 aliphatic heterocycles. The molecule has 1 nitrogen and oxygen atoms in total. The van der Waals surface area contributed by atoms with Gasteiger partial charge in [0, 0.05) is 20.0 Å². The monoisotopic (exact) mass is 292 g/mol. The Hall–Kier alpha value is -1.58. The van der Waals surface area contributed by atoms with Crippen molar-refractivity contribution in [2.24, 2.45) is 0 Å². The quantitative estimate of drug-likeness (QED) is 0.639. The third-order valence-corrected chi connectivity index (χ3v) is 4.05. The van der Waals surface area contributed by atoms with E-state index in [2.05, 4.69) is 0 Å². The maximum absolute atomic E-state index is 13.6. The van der Waals surface area contributed by atoms with E-state index < -0.39 is 0 Å². The smallest absolute Gasteiger partial charge is 0.131 e. The lowest BCUT2D eigenvalue weighted by atomic mass is 10.2. The van der Waals surface area contributed by atoms with Crippen molar-refractivity contribution in [3.63, 3.8) is 0 Å². The van der Waals surface area contributed by atoms with Gasteiger partial charge in [0.2, 0.25) is 0 Å². The lowest BCUT2D eigenvalue weighted by Crippen LogP contribution is -1.92. The number of ether oxygens (including phenoxy) is 1. The normalized spacial score (nSPS) is 10.8. The zero-order valence-corrected chi connectivity index (χ0v) is 11.5. The highest BCUT2D eigenvalue weighted by Gasteiger charge is 2.06. The molecule has 0 bridgehead atoms. The molecule has 19 heavy (non-hydrogen) atoms. The molecular weight excluding hydrogens is 283 g/mol. The summed E-state index contributed by atoms with van der Waals surface area (Å²) in [6.45, 7) is 0.416. The molecule has 0 spiro atoms. The Balaban J connectivity index is 1.80. The molecule has 0 N–H and O–H groups in total. The van der Waals surface area contributed by atoms with Gasteiger partial charge in [-0.3, -0.25) is 0 Å². The van der Waals surface area contributed by atoms with Crippen LogP contribution in [0.25, 0.3) is 10.1 Å². The van der Waals surface area contributed by atoms with Gasteiger partial charge in [-0.25, -0.2) is 4.39 Å². The van der Waals surface area contributed by atoms with Gasteiger partial charge in [0.15, 0.2) is 0 Å². The van der Waals surface area contributed by atoms with Gasteiger partial charge in [-0.1, -0.05) is 23.7 Å². The van der Waals surface area contributed by atoms with Gasteiger partial charge in [-0.05, 0) is 36.4 Å². The summed E-state index contributed by atoms with van der Waals surface area (Å²) in [4.78, 5) is 0.986. The van der Waals surface area contributed by atoms with Crippen LogP contribution in [-0.2, 0) is 6.61 Å². The van der Waals surface area contributed by atoms with Gasteiger partial charge in [-0.15, -0.1) is 11.3 Å². The summed E-state index contributed by atoms with van der Waals surface area (Å²) >= 11 is 7.42. The number of thiophene rings is 1. The summed E-state index contributed by atoms with van der Waals surface area (Å²) in [5, 5.41) is 1.29. The Morgan fingerprint density at radius 3 is 2.74 bits per heavy atom. The highest BCUT2D eigenvalue weighted by atomic mass is 35.5. The van der Waals surface area contributed by atoms with Crippen molar-refractivity contribution in [1.82, 2.24) is 0 Å². The number of hydrogen-bond donors (Lipinski definition) is 0. The molecule has 0 saturated heterocycles. The molecule has 2 aromatic carbocycles. The van der Waals surface area contributed by atoms with Crippen molar-refractivity contribution in [3.05, 3.63) is 64.2 Å². The maximum Gasteiger partial charge on any atom is 0.131 e. The Bertz CT molecular complexity index is 723. The zero-order valence-electron chi connectivity index (χ0n) is 9.90. The Morgan fingerprint density at radius 1 is 1.11 bits per heavy atom. The second-order valence-electron chi connectivity index (χ2n) is 4.11. The summed E-state index contributed by atoms with van der Waals surface area (Å²) in [6, 6.07) is 14.2. The molecule has 1 aromatic heterocycles. The van der Waals surface area contributed by atoms with Crippen LogP contribution in [-0.4, -0.2) is 0 Å². The van der Waals surface area contributed by atoms with E-state index in [0.29, 0.717) is 22.8 Å². The molecular formula is C15H10ClFOS. The van der Waals surface area contributed by atoms with Crippen LogP contribution in [0.1, 0.15) is 4.88 Å². The van der Waals surface area contributed by atoms with Gasteiger partial charge < -0.3 is 4.74 Å². The predicted molar refractivity (Wildman–Crippen MR) is 77.6 cm³/mol. The van der Waals surface area contributed by atoms with Gasteiger partial charge in [-0.2, -0.15) is 0 Å². The number of benzene rings is 2. The molecule has 0 amide bonds. The average molecular weight is 293 g/mol. The van der Waals surface area contributed by atoms with E-state index in [0.717, 1.165) is 9.58 Å². The standard InChI is InChI=1S/C15H10ClFOS/c16-10-3-1-4-11(7-10)18-9-12-8-13-14(17)5-2-6-15(13)19-12/h1-8H,9H2. The lowest BCUT2D eigenvalue weighted by molar-refractivity contribution is 0.310. The third kappa shape index (κ3) is 2.72. The Labute approximate surface area is 119 Å². The second-order valence-corrected chi connectivity index (χ2v) is 5.72. The lowest BCUT2D eigenvalue weighted by Gasteiger charge is -2.04. The minimum atomic E-state index is -0.192. The minimum Gasteiger partial charge on any atom is -0.488 e. The Morgan fingerprint density at radius 2 is 1.95 bits per heavy atom. The first-order valence-corrected chi connectivity index (χ1v) is 6.97. The van der Waals surface area contributed by atoms with Crippen LogP contribution in [0.3, 0.4) is 0 Å². The molecule has 96 valence electrons. The summed E-state index contributed by atoms with van der Waals surface area (Å²) in [5.41, 5.74) is 0. The number of hydrogen-bond acceptors (Lipinski definition) is 2. The van der Waals surface area contributed by atoms with Gasteiger partial charge in [0.05, 0.1) is 0 Å². The summed E-state index contributed by atoms with van der Waals surface area (Å²) in [5.74, 6) is 0.521. The van der Waals surface area contributed by atoms with Crippen molar-refractivity contribution >= 4 is 33.0 Å². The Kier molecular flexibility index (Phi) is 3.40. The topological polar surface area (TPSA) is 9.23 Å². The molecule has 0 aliphatic carbocycles. The van der Waals surface area contributed by atoms with Crippen molar-refractivity contribution in [1.29, 1.82) is 0 Å². The highest BCUT2D eigenvalue weighted by molar-refractivity contribution is 7.19. The molecule has 0 fully saturated rings. The summed E-state index contributed by atoms with van der Waals surface area (Å²) < 4.78 is 20.1. The fourth-order valence-electron chi connectivity index (χ4n) is 1.86. The zero-order chi connectivity index (χ0) is 13.2. The van der Waals surface area contributed by atoms with Crippen molar-refractivity contribution in [2.75, 3.05) is 0 Å². The van der Waals surface area contributed by atoms with Crippen LogP contribution in [0, 0.1) is 5.82 Å². The van der Waals surface area contributed by atoms with E-state index in [1.807, 2.05) is 24.3 Å². The van der Waals surface area contributed by atoms with Crippen LogP contribution in [0.2, 0.25) is 5.02 Å². The first kappa shape index (κ1) is 12.5. The fraction of sp³-hybridized carbons (Fsp3) is 0.0667. The predicted octanol–water partition coefficient (Wildman–Crippen LogP) is 5.27. The number of rotatable bonds is 3. The van der Waals surface area contributed by atoms with Crippen LogP contribution in [0.15, 0.2) is 48.5 Å². The van der Waals surface area contributed by atoms with Gasteiger partial charge in [0.1, 0.15) is 18.2 Å². The van der Waals surface area contributed by atoms with Crippen molar-refractivity contribution in [3.8, 4) is 5.75 Å². The molecule has 0 atom stereocenters. The molecule has 0 saturated carbocycles. The highest BCUT2D eigenvalue weighted by Crippen LogP contribution is 2.28. The maximum atomic E-state index is 13.6. The first-order chi connectivity index (χ1) is 9.22.